The number of nitrogens with one attached hydrogen (secondary N) is 1. The average Bonchev–Trinajstić information content (AvgIpc) is 2.52. The largest absolute Gasteiger partial charge is 0.496 e. The predicted molar refractivity (Wildman–Crippen MR) is 82.2 cm³/mol. The second-order valence-electron chi connectivity index (χ2n) is 5.43. The SMILES string of the molecule is CCNCC(OC1CCCCC1)c1ccccc1OC. The maximum atomic E-state index is 6.38. The van der Waals surface area contributed by atoms with E-state index in [1.165, 1.54) is 32.1 Å². The fraction of sp³-hybridized carbons (Fsp3) is 0.647. The molecule has 3 nitrogen and oxygen atoms in total. The molecule has 1 aromatic rings. The molecule has 1 aliphatic rings. The summed E-state index contributed by atoms with van der Waals surface area (Å²) in [5.41, 5.74) is 1.15. The quantitative estimate of drug-likeness (QED) is 0.824. The molecule has 1 aliphatic carbocycles. The minimum Gasteiger partial charge on any atom is -0.496 e. The van der Waals surface area contributed by atoms with Gasteiger partial charge in [-0.15, -0.1) is 0 Å². The Morgan fingerprint density at radius 3 is 2.65 bits per heavy atom. The van der Waals surface area contributed by atoms with E-state index < -0.39 is 0 Å². The van der Waals surface area contributed by atoms with E-state index in [1.54, 1.807) is 7.11 Å². The summed E-state index contributed by atoms with van der Waals surface area (Å²) in [4.78, 5) is 0. The van der Waals surface area contributed by atoms with Gasteiger partial charge in [-0.25, -0.2) is 0 Å². The number of ether oxygens (including phenoxy) is 2. The molecule has 1 aromatic carbocycles. The Morgan fingerprint density at radius 1 is 1.20 bits per heavy atom. The van der Waals surface area contributed by atoms with Crippen molar-refractivity contribution in [3.63, 3.8) is 0 Å². The Balaban J connectivity index is 2.08. The Hall–Kier alpha value is -1.06. The maximum Gasteiger partial charge on any atom is 0.124 e. The molecular formula is C17H27NO2. The number of rotatable bonds is 7. The summed E-state index contributed by atoms with van der Waals surface area (Å²) >= 11 is 0. The van der Waals surface area contributed by atoms with Crippen molar-refractivity contribution in [2.24, 2.45) is 0 Å². The molecule has 2 rings (SSSR count). The summed E-state index contributed by atoms with van der Waals surface area (Å²) in [6.07, 6.45) is 6.81. The number of methoxy groups -OCH3 is 1. The van der Waals surface area contributed by atoms with Gasteiger partial charge in [-0.05, 0) is 25.5 Å². The molecule has 20 heavy (non-hydrogen) atoms. The molecule has 0 aliphatic heterocycles. The van der Waals surface area contributed by atoms with E-state index in [4.69, 9.17) is 9.47 Å². The first kappa shape index (κ1) is 15.3. The van der Waals surface area contributed by atoms with Crippen LogP contribution in [0.1, 0.15) is 50.7 Å². The first-order valence-corrected chi connectivity index (χ1v) is 7.84. The highest BCUT2D eigenvalue weighted by Crippen LogP contribution is 2.31. The molecule has 0 radical (unpaired) electrons. The van der Waals surface area contributed by atoms with E-state index in [-0.39, 0.29) is 6.10 Å². The molecule has 1 N–H and O–H groups in total. The van der Waals surface area contributed by atoms with Crippen molar-refractivity contribution in [2.75, 3.05) is 20.2 Å². The van der Waals surface area contributed by atoms with Crippen LogP contribution in [0, 0.1) is 0 Å². The van der Waals surface area contributed by atoms with Crippen molar-refractivity contribution >= 4 is 0 Å². The van der Waals surface area contributed by atoms with Gasteiger partial charge in [-0.1, -0.05) is 44.4 Å². The van der Waals surface area contributed by atoms with Crippen molar-refractivity contribution in [3.8, 4) is 5.75 Å². The first-order valence-electron chi connectivity index (χ1n) is 7.84. The smallest absolute Gasteiger partial charge is 0.124 e. The van der Waals surface area contributed by atoms with E-state index in [2.05, 4.69) is 24.4 Å². The molecule has 112 valence electrons. The van der Waals surface area contributed by atoms with Crippen LogP contribution in [0.4, 0.5) is 0 Å². The minimum absolute atomic E-state index is 0.0780. The predicted octanol–water partition coefficient (Wildman–Crippen LogP) is 3.70. The van der Waals surface area contributed by atoms with Gasteiger partial charge in [-0.3, -0.25) is 0 Å². The van der Waals surface area contributed by atoms with Crippen molar-refractivity contribution in [3.05, 3.63) is 29.8 Å². The van der Waals surface area contributed by atoms with Crippen LogP contribution >= 0.6 is 0 Å². The Bertz CT molecular complexity index is 388. The van der Waals surface area contributed by atoms with Gasteiger partial charge in [0.2, 0.25) is 0 Å². The lowest BCUT2D eigenvalue weighted by atomic mass is 9.97. The Kier molecular flexibility index (Phi) is 6.34. The van der Waals surface area contributed by atoms with Gasteiger partial charge in [0.25, 0.3) is 0 Å². The summed E-state index contributed by atoms with van der Waals surface area (Å²) in [5.74, 6) is 0.922. The maximum absolute atomic E-state index is 6.38. The molecule has 0 heterocycles. The van der Waals surface area contributed by atoms with Gasteiger partial charge in [0.05, 0.1) is 19.3 Å². The molecule has 3 heteroatoms. The molecule has 0 aromatic heterocycles. The first-order chi connectivity index (χ1) is 9.85. The van der Waals surface area contributed by atoms with Crippen molar-refractivity contribution in [2.45, 2.75) is 51.2 Å². The third kappa shape index (κ3) is 4.22. The highest BCUT2D eigenvalue weighted by Gasteiger charge is 2.22. The van der Waals surface area contributed by atoms with Crippen molar-refractivity contribution in [1.29, 1.82) is 0 Å². The molecule has 0 bridgehead atoms. The van der Waals surface area contributed by atoms with E-state index in [1.807, 2.05) is 12.1 Å². The summed E-state index contributed by atoms with van der Waals surface area (Å²) < 4.78 is 11.9. The summed E-state index contributed by atoms with van der Waals surface area (Å²) in [5, 5.41) is 3.41. The Morgan fingerprint density at radius 2 is 1.95 bits per heavy atom. The van der Waals surface area contributed by atoms with Crippen LogP contribution in [0.15, 0.2) is 24.3 Å². The second kappa shape index (κ2) is 8.28. The zero-order chi connectivity index (χ0) is 14.2. The van der Waals surface area contributed by atoms with Gasteiger partial charge in [0, 0.05) is 12.1 Å². The monoisotopic (exact) mass is 277 g/mol. The third-order valence-electron chi connectivity index (χ3n) is 3.97. The highest BCUT2D eigenvalue weighted by molar-refractivity contribution is 5.35. The van der Waals surface area contributed by atoms with Gasteiger partial charge in [0.1, 0.15) is 5.75 Å². The lowest BCUT2D eigenvalue weighted by Crippen LogP contribution is -2.28. The van der Waals surface area contributed by atoms with Gasteiger partial charge >= 0.3 is 0 Å². The van der Waals surface area contributed by atoms with Crippen molar-refractivity contribution in [1.82, 2.24) is 5.32 Å². The fourth-order valence-corrected chi connectivity index (χ4v) is 2.87. The van der Waals surface area contributed by atoms with Gasteiger partial charge < -0.3 is 14.8 Å². The lowest BCUT2D eigenvalue weighted by Gasteiger charge is -2.29. The van der Waals surface area contributed by atoms with Crippen LogP contribution in [0.2, 0.25) is 0 Å². The summed E-state index contributed by atoms with van der Waals surface area (Å²) in [6, 6.07) is 8.19. The van der Waals surface area contributed by atoms with Crippen LogP contribution in [-0.2, 0) is 4.74 Å². The molecule has 0 saturated heterocycles. The number of hydrogen-bond acceptors (Lipinski definition) is 3. The van der Waals surface area contributed by atoms with Crippen LogP contribution in [-0.4, -0.2) is 26.3 Å². The Labute approximate surface area is 122 Å². The fourth-order valence-electron chi connectivity index (χ4n) is 2.87. The van der Waals surface area contributed by atoms with E-state index >= 15 is 0 Å². The van der Waals surface area contributed by atoms with E-state index in [9.17, 15) is 0 Å². The van der Waals surface area contributed by atoms with Crippen LogP contribution < -0.4 is 10.1 Å². The molecule has 1 unspecified atom stereocenters. The molecule has 0 spiro atoms. The van der Waals surface area contributed by atoms with E-state index in [0.717, 1.165) is 24.4 Å². The topological polar surface area (TPSA) is 30.5 Å². The van der Waals surface area contributed by atoms with Gasteiger partial charge in [0.15, 0.2) is 0 Å². The highest BCUT2D eigenvalue weighted by atomic mass is 16.5. The summed E-state index contributed by atoms with van der Waals surface area (Å²) in [6.45, 7) is 3.92. The van der Waals surface area contributed by atoms with Crippen molar-refractivity contribution < 1.29 is 9.47 Å². The zero-order valence-corrected chi connectivity index (χ0v) is 12.7. The van der Waals surface area contributed by atoms with Crippen LogP contribution in [0.25, 0.3) is 0 Å². The average molecular weight is 277 g/mol. The molecule has 1 fully saturated rings. The van der Waals surface area contributed by atoms with Crippen LogP contribution in [0.3, 0.4) is 0 Å². The standard InChI is InChI=1S/C17H27NO2/c1-3-18-13-17(20-14-9-5-4-6-10-14)15-11-7-8-12-16(15)19-2/h7-8,11-12,14,17-18H,3-6,9-10,13H2,1-2H3. The molecular weight excluding hydrogens is 250 g/mol. The van der Waals surface area contributed by atoms with Crippen LogP contribution in [0.5, 0.6) is 5.75 Å². The number of benzene rings is 1. The normalized spacial score (nSPS) is 17.9. The van der Waals surface area contributed by atoms with Gasteiger partial charge in [-0.2, -0.15) is 0 Å². The minimum atomic E-state index is 0.0780. The molecule has 0 amide bonds. The van der Waals surface area contributed by atoms with E-state index in [0.29, 0.717) is 6.10 Å². The second-order valence-corrected chi connectivity index (χ2v) is 5.43. The summed E-state index contributed by atoms with van der Waals surface area (Å²) in [7, 11) is 1.73. The number of para-hydroxylation sites is 1. The number of hydrogen-bond donors (Lipinski definition) is 1. The zero-order valence-electron chi connectivity index (χ0n) is 12.7. The number of likely N-dealkylation sites (N-methyl/N-ethyl adjacent to an activating group) is 1. The molecule has 1 atom stereocenters. The molecule has 1 saturated carbocycles. The third-order valence-corrected chi connectivity index (χ3v) is 3.97. The lowest BCUT2D eigenvalue weighted by molar-refractivity contribution is -0.0312.